The molecule has 0 atom stereocenters. The van der Waals surface area contributed by atoms with Gasteiger partial charge in [0.15, 0.2) is 0 Å². The fourth-order valence-corrected chi connectivity index (χ4v) is 4.42. The van der Waals surface area contributed by atoms with Crippen LogP contribution in [0, 0.1) is 0 Å². The van der Waals surface area contributed by atoms with Gasteiger partial charge in [0, 0.05) is 29.2 Å². The molecule has 1 N–H and O–H groups in total. The molecule has 0 spiro atoms. The minimum Gasteiger partial charge on any atom is -0.352 e. The number of carbonyl (C=O) groups is 1. The first-order chi connectivity index (χ1) is 17.6. The summed E-state index contributed by atoms with van der Waals surface area (Å²) in [5.41, 5.74) is 4.13. The van der Waals surface area contributed by atoms with E-state index in [0.717, 1.165) is 17.7 Å². The average Bonchev–Trinajstić information content (AvgIpc) is 2.85. The van der Waals surface area contributed by atoms with E-state index >= 15 is 0 Å². The first-order valence-electron chi connectivity index (χ1n) is 12.5. The highest BCUT2D eigenvalue weighted by atomic mass is 35.5. The fourth-order valence-electron chi connectivity index (χ4n) is 4.23. The summed E-state index contributed by atoms with van der Waals surface area (Å²) in [4.78, 5) is 33.6. The molecule has 0 bridgehead atoms. The molecule has 37 heavy (non-hydrogen) atoms. The Morgan fingerprint density at radius 3 is 2.38 bits per heavy atom. The Kier molecular flexibility index (Phi) is 8.10. The molecule has 0 fully saturated rings. The molecule has 0 saturated heterocycles. The predicted octanol–water partition coefficient (Wildman–Crippen LogP) is 5.75. The number of rotatable bonds is 8. The molecule has 192 valence electrons. The summed E-state index contributed by atoms with van der Waals surface area (Å²) in [5, 5.41) is 3.86. The van der Waals surface area contributed by atoms with Crippen molar-refractivity contribution in [2.45, 2.75) is 52.9 Å². The molecule has 0 unspecified atom stereocenters. The summed E-state index contributed by atoms with van der Waals surface area (Å²) >= 11 is 6.23. The van der Waals surface area contributed by atoms with Crippen LogP contribution in [0.25, 0.3) is 33.4 Å². The minimum atomic E-state index is -0.267. The summed E-state index contributed by atoms with van der Waals surface area (Å²) < 4.78 is 1.43. The second-order valence-corrected chi connectivity index (χ2v) is 10.4. The van der Waals surface area contributed by atoms with Gasteiger partial charge in [-0.3, -0.25) is 19.1 Å². The maximum Gasteiger partial charge on any atom is 0.262 e. The van der Waals surface area contributed by atoms with Crippen molar-refractivity contribution in [3.05, 3.63) is 87.7 Å². The van der Waals surface area contributed by atoms with E-state index in [1.165, 1.54) is 10.1 Å². The molecule has 6 nitrogen and oxygen atoms in total. The van der Waals surface area contributed by atoms with E-state index in [0.29, 0.717) is 33.4 Å². The monoisotopic (exact) mass is 516 g/mol. The number of nitrogens with zero attached hydrogens (tertiary/aromatic N) is 3. The zero-order valence-corrected chi connectivity index (χ0v) is 22.7. The van der Waals surface area contributed by atoms with Gasteiger partial charge in [0.2, 0.25) is 5.91 Å². The number of carbonyl (C=O) groups excluding carboxylic acids is 1. The fraction of sp³-hybridized carbons (Fsp3) is 0.300. The van der Waals surface area contributed by atoms with Crippen molar-refractivity contribution in [1.29, 1.82) is 0 Å². The highest BCUT2D eigenvalue weighted by molar-refractivity contribution is 6.30. The van der Waals surface area contributed by atoms with Crippen LogP contribution in [-0.2, 0) is 17.9 Å². The number of nitrogens with one attached hydrogen (secondary N) is 1. The number of hydrogen-bond acceptors (Lipinski definition) is 4. The molecule has 0 aliphatic heterocycles. The number of aromatic nitrogens is 2. The average molecular weight is 517 g/mol. The van der Waals surface area contributed by atoms with Crippen molar-refractivity contribution in [2.75, 3.05) is 7.05 Å². The topological polar surface area (TPSA) is 67.2 Å². The second kappa shape index (κ2) is 11.3. The van der Waals surface area contributed by atoms with Crippen molar-refractivity contribution in [3.8, 4) is 22.5 Å². The molecular formula is C30H33ClN4O2. The van der Waals surface area contributed by atoms with Crippen molar-refractivity contribution < 1.29 is 4.79 Å². The summed E-state index contributed by atoms with van der Waals surface area (Å²) in [6.07, 6.45) is 0. The molecule has 1 aromatic heterocycles. The van der Waals surface area contributed by atoms with E-state index in [1.54, 1.807) is 18.2 Å². The summed E-state index contributed by atoms with van der Waals surface area (Å²) in [6, 6.07) is 21.6. The highest BCUT2D eigenvalue weighted by Gasteiger charge is 2.17. The van der Waals surface area contributed by atoms with Gasteiger partial charge in [0.25, 0.3) is 5.56 Å². The van der Waals surface area contributed by atoms with Crippen molar-refractivity contribution in [1.82, 2.24) is 19.8 Å². The van der Waals surface area contributed by atoms with Gasteiger partial charge in [-0.2, -0.15) is 0 Å². The molecule has 3 aromatic carbocycles. The Morgan fingerprint density at radius 1 is 0.973 bits per heavy atom. The molecule has 7 heteroatoms. The SMILES string of the molecule is CC(C)NC(=O)Cn1c(-c2cccc(Cl)c2)nc2ccc(-c3cccc(CN(C)C(C)C)c3)cc2c1=O. The first kappa shape index (κ1) is 26.6. The van der Waals surface area contributed by atoms with Gasteiger partial charge in [0.05, 0.1) is 10.9 Å². The maximum absolute atomic E-state index is 13.8. The largest absolute Gasteiger partial charge is 0.352 e. The van der Waals surface area contributed by atoms with Gasteiger partial charge in [-0.05, 0) is 81.8 Å². The van der Waals surface area contributed by atoms with Crippen LogP contribution in [0.4, 0.5) is 0 Å². The lowest BCUT2D eigenvalue weighted by molar-refractivity contribution is -0.122. The van der Waals surface area contributed by atoms with Gasteiger partial charge >= 0.3 is 0 Å². The van der Waals surface area contributed by atoms with Gasteiger partial charge in [-0.1, -0.05) is 48.0 Å². The Balaban J connectivity index is 1.82. The minimum absolute atomic E-state index is 0.0418. The Morgan fingerprint density at radius 2 is 1.68 bits per heavy atom. The van der Waals surface area contributed by atoms with Crippen LogP contribution in [-0.4, -0.2) is 39.5 Å². The summed E-state index contributed by atoms with van der Waals surface area (Å²) in [7, 11) is 2.11. The lowest BCUT2D eigenvalue weighted by Crippen LogP contribution is -2.37. The first-order valence-corrected chi connectivity index (χ1v) is 12.9. The van der Waals surface area contributed by atoms with Crippen molar-refractivity contribution >= 4 is 28.4 Å². The van der Waals surface area contributed by atoms with Gasteiger partial charge in [0.1, 0.15) is 12.4 Å². The second-order valence-electron chi connectivity index (χ2n) is 10.0. The van der Waals surface area contributed by atoms with E-state index < -0.39 is 0 Å². The van der Waals surface area contributed by atoms with Crippen LogP contribution in [0.5, 0.6) is 0 Å². The van der Waals surface area contributed by atoms with Gasteiger partial charge < -0.3 is 5.32 Å². The quantitative estimate of drug-likeness (QED) is 0.324. The molecule has 0 saturated carbocycles. The number of hydrogen-bond donors (Lipinski definition) is 1. The van der Waals surface area contributed by atoms with Crippen LogP contribution in [0.2, 0.25) is 5.02 Å². The normalized spacial score (nSPS) is 11.6. The summed E-state index contributed by atoms with van der Waals surface area (Å²) in [5.74, 6) is 0.157. The third-order valence-electron chi connectivity index (χ3n) is 6.36. The molecule has 0 aliphatic rings. The third-order valence-corrected chi connectivity index (χ3v) is 6.60. The van der Waals surface area contributed by atoms with Crippen LogP contribution in [0.15, 0.2) is 71.5 Å². The standard InChI is InChI=1S/C30H33ClN4O2/c1-19(2)32-28(36)18-35-29(24-10-7-11-25(31)15-24)33-27-13-12-23(16-26(27)30(35)37)22-9-6-8-21(14-22)17-34(5)20(3)4/h6-16,19-20H,17-18H2,1-5H3,(H,32,36). The van der Waals surface area contributed by atoms with Crippen molar-refractivity contribution in [2.24, 2.45) is 0 Å². The maximum atomic E-state index is 13.8. The van der Waals surface area contributed by atoms with Gasteiger partial charge in [-0.15, -0.1) is 0 Å². The number of benzene rings is 3. The van der Waals surface area contributed by atoms with Crippen LogP contribution in [0.1, 0.15) is 33.3 Å². The molecule has 4 aromatic rings. The van der Waals surface area contributed by atoms with Crippen molar-refractivity contribution in [3.63, 3.8) is 0 Å². The van der Waals surface area contributed by atoms with E-state index in [4.69, 9.17) is 16.6 Å². The smallest absolute Gasteiger partial charge is 0.262 e. The molecule has 0 radical (unpaired) electrons. The molecular weight excluding hydrogens is 484 g/mol. The Labute approximate surface area is 222 Å². The highest BCUT2D eigenvalue weighted by Crippen LogP contribution is 2.26. The van der Waals surface area contributed by atoms with Crippen LogP contribution < -0.4 is 10.9 Å². The lowest BCUT2D eigenvalue weighted by atomic mass is 10.0. The van der Waals surface area contributed by atoms with E-state index in [-0.39, 0.29) is 24.1 Å². The predicted molar refractivity (Wildman–Crippen MR) is 152 cm³/mol. The van der Waals surface area contributed by atoms with E-state index in [2.05, 4.69) is 43.2 Å². The number of halogens is 1. The Bertz CT molecular complexity index is 1490. The summed E-state index contributed by atoms with van der Waals surface area (Å²) in [6.45, 7) is 8.81. The zero-order chi connectivity index (χ0) is 26.7. The molecule has 1 heterocycles. The van der Waals surface area contributed by atoms with Crippen LogP contribution in [0.3, 0.4) is 0 Å². The molecule has 0 aliphatic carbocycles. The van der Waals surface area contributed by atoms with E-state index in [9.17, 15) is 9.59 Å². The van der Waals surface area contributed by atoms with Gasteiger partial charge in [-0.25, -0.2) is 4.98 Å². The molecule has 4 rings (SSSR count). The zero-order valence-electron chi connectivity index (χ0n) is 22.0. The lowest BCUT2D eigenvalue weighted by Gasteiger charge is -2.21. The third kappa shape index (κ3) is 6.27. The van der Waals surface area contributed by atoms with E-state index in [1.807, 2.05) is 50.2 Å². The number of fused-ring (bicyclic) bond motifs is 1. The van der Waals surface area contributed by atoms with Crippen LogP contribution >= 0.6 is 11.6 Å². The Hall–Kier alpha value is -3.48. The number of amides is 1. The molecule has 1 amide bonds.